The molecule has 1 unspecified atom stereocenters. The van der Waals surface area contributed by atoms with Crippen LogP contribution in [0.15, 0.2) is 24.3 Å². The first kappa shape index (κ1) is 15.0. The minimum absolute atomic E-state index is 0.194. The van der Waals surface area contributed by atoms with Gasteiger partial charge in [-0.15, -0.1) is 0 Å². The summed E-state index contributed by atoms with van der Waals surface area (Å²) in [7, 11) is 1.42. The molecule has 0 bridgehead atoms. The lowest BCUT2D eigenvalue weighted by Gasteiger charge is -2.28. The van der Waals surface area contributed by atoms with Crippen LogP contribution in [0, 0.1) is 11.8 Å². The standard InChI is InChI=1S/C15H20O4S/c1-18-15(17)14(11-6-8-20-9-7-11)10-19-13-4-2-12(16)3-5-13/h2-5,11,14,16H,6-10H2,1H3. The van der Waals surface area contributed by atoms with Crippen molar-refractivity contribution in [2.75, 3.05) is 25.2 Å². The first-order valence-electron chi connectivity index (χ1n) is 6.78. The van der Waals surface area contributed by atoms with Gasteiger partial charge in [-0.1, -0.05) is 0 Å². The summed E-state index contributed by atoms with van der Waals surface area (Å²) in [5.74, 6) is 2.97. The summed E-state index contributed by atoms with van der Waals surface area (Å²) in [5.41, 5.74) is 0. The van der Waals surface area contributed by atoms with Crippen LogP contribution in [-0.2, 0) is 9.53 Å². The molecule has 1 fully saturated rings. The first-order chi connectivity index (χ1) is 9.70. The van der Waals surface area contributed by atoms with Gasteiger partial charge in [-0.2, -0.15) is 11.8 Å². The number of methoxy groups -OCH3 is 1. The fraction of sp³-hybridized carbons (Fsp3) is 0.533. The minimum Gasteiger partial charge on any atom is -0.508 e. The van der Waals surface area contributed by atoms with E-state index in [0.29, 0.717) is 18.3 Å². The van der Waals surface area contributed by atoms with E-state index in [1.165, 1.54) is 7.11 Å². The van der Waals surface area contributed by atoms with E-state index in [2.05, 4.69) is 0 Å². The average molecular weight is 296 g/mol. The van der Waals surface area contributed by atoms with Crippen molar-refractivity contribution in [2.24, 2.45) is 11.8 Å². The van der Waals surface area contributed by atoms with Gasteiger partial charge in [-0.05, 0) is 54.5 Å². The molecule has 0 radical (unpaired) electrons. The summed E-state index contributed by atoms with van der Waals surface area (Å²) in [6.45, 7) is 0.326. The summed E-state index contributed by atoms with van der Waals surface area (Å²) in [6.07, 6.45) is 2.06. The second kappa shape index (κ2) is 7.43. The Morgan fingerprint density at radius 2 is 2.00 bits per heavy atom. The molecule has 1 aromatic carbocycles. The second-order valence-corrected chi connectivity index (χ2v) is 6.11. The molecular formula is C15H20O4S. The number of phenols is 1. The molecule has 0 amide bonds. The third kappa shape index (κ3) is 4.07. The first-order valence-corrected chi connectivity index (χ1v) is 7.93. The van der Waals surface area contributed by atoms with Gasteiger partial charge in [0.05, 0.1) is 13.0 Å². The van der Waals surface area contributed by atoms with E-state index in [4.69, 9.17) is 9.47 Å². The fourth-order valence-corrected chi connectivity index (χ4v) is 3.54. The van der Waals surface area contributed by atoms with E-state index in [-0.39, 0.29) is 17.6 Å². The molecular weight excluding hydrogens is 276 g/mol. The van der Waals surface area contributed by atoms with Crippen molar-refractivity contribution in [1.29, 1.82) is 0 Å². The van der Waals surface area contributed by atoms with Crippen molar-refractivity contribution in [3.8, 4) is 11.5 Å². The smallest absolute Gasteiger partial charge is 0.312 e. The molecule has 5 heteroatoms. The number of esters is 1. The Labute approximate surface area is 123 Å². The highest BCUT2D eigenvalue weighted by atomic mass is 32.2. The summed E-state index contributed by atoms with van der Waals surface area (Å²) in [6, 6.07) is 6.53. The Hall–Kier alpha value is -1.36. The normalized spacial score (nSPS) is 17.4. The van der Waals surface area contributed by atoms with Gasteiger partial charge in [0, 0.05) is 0 Å². The number of hydrogen-bond donors (Lipinski definition) is 1. The van der Waals surface area contributed by atoms with E-state index in [0.717, 1.165) is 24.3 Å². The molecule has 1 saturated heterocycles. The van der Waals surface area contributed by atoms with Crippen molar-refractivity contribution < 1.29 is 19.4 Å². The topological polar surface area (TPSA) is 55.8 Å². The van der Waals surface area contributed by atoms with E-state index in [1.54, 1.807) is 24.3 Å². The maximum Gasteiger partial charge on any atom is 0.312 e. The Bertz CT molecular complexity index is 426. The maximum absolute atomic E-state index is 11.9. The lowest BCUT2D eigenvalue weighted by Crippen LogP contribution is -2.32. The van der Waals surface area contributed by atoms with Crippen LogP contribution in [0.3, 0.4) is 0 Å². The lowest BCUT2D eigenvalue weighted by atomic mass is 9.88. The SMILES string of the molecule is COC(=O)C(COc1ccc(O)cc1)C1CCSCC1. The zero-order chi connectivity index (χ0) is 14.4. The van der Waals surface area contributed by atoms with Crippen LogP contribution < -0.4 is 4.74 Å². The quantitative estimate of drug-likeness (QED) is 0.847. The number of carbonyl (C=O) groups excluding carboxylic acids is 1. The zero-order valence-electron chi connectivity index (χ0n) is 11.6. The summed E-state index contributed by atoms with van der Waals surface area (Å²) in [4.78, 5) is 11.9. The Morgan fingerprint density at radius 3 is 2.60 bits per heavy atom. The molecule has 1 aromatic rings. The number of aromatic hydroxyl groups is 1. The van der Waals surface area contributed by atoms with E-state index >= 15 is 0 Å². The molecule has 1 heterocycles. The van der Waals surface area contributed by atoms with Crippen molar-refractivity contribution >= 4 is 17.7 Å². The molecule has 0 aliphatic carbocycles. The molecule has 2 rings (SSSR count). The van der Waals surface area contributed by atoms with Crippen LogP contribution in [0.1, 0.15) is 12.8 Å². The van der Waals surface area contributed by atoms with Crippen LogP contribution in [0.4, 0.5) is 0 Å². The highest BCUT2D eigenvalue weighted by molar-refractivity contribution is 7.99. The molecule has 4 nitrogen and oxygen atoms in total. The number of hydrogen-bond acceptors (Lipinski definition) is 5. The zero-order valence-corrected chi connectivity index (χ0v) is 12.4. The van der Waals surface area contributed by atoms with Crippen LogP contribution in [-0.4, -0.2) is 36.3 Å². The number of phenolic OH excluding ortho intramolecular Hbond substituents is 1. The summed E-state index contributed by atoms with van der Waals surface area (Å²) < 4.78 is 10.6. The van der Waals surface area contributed by atoms with Gasteiger partial charge in [-0.25, -0.2) is 0 Å². The van der Waals surface area contributed by atoms with Gasteiger partial charge in [0.2, 0.25) is 0 Å². The van der Waals surface area contributed by atoms with Crippen LogP contribution in [0.2, 0.25) is 0 Å². The van der Waals surface area contributed by atoms with Crippen molar-refractivity contribution in [3.63, 3.8) is 0 Å². The number of ether oxygens (including phenoxy) is 2. The van der Waals surface area contributed by atoms with Gasteiger partial charge in [0.15, 0.2) is 0 Å². The van der Waals surface area contributed by atoms with Crippen molar-refractivity contribution in [3.05, 3.63) is 24.3 Å². The van der Waals surface area contributed by atoms with Crippen LogP contribution >= 0.6 is 11.8 Å². The van der Waals surface area contributed by atoms with Crippen molar-refractivity contribution in [2.45, 2.75) is 12.8 Å². The van der Waals surface area contributed by atoms with Gasteiger partial charge in [-0.3, -0.25) is 4.79 Å². The number of rotatable bonds is 5. The Kier molecular flexibility index (Phi) is 5.59. The van der Waals surface area contributed by atoms with Gasteiger partial charge in [0.25, 0.3) is 0 Å². The molecule has 1 aliphatic rings. The Balaban J connectivity index is 1.96. The number of thioether (sulfide) groups is 1. The van der Waals surface area contributed by atoms with E-state index < -0.39 is 0 Å². The largest absolute Gasteiger partial charge is 0.508 e. The maximum atomic E-state index is 11.9. The van der Waals surface area contributed by atoms with Crippen LogP contribution in [0.25, 0.3) is 0 Å². The highest BCUT2D eigenvalue weighted by Gasteiger charge is 2.31. The minimum atomic E-state index is -0.213. The molecule has 0 saturated carbocycles. The monoisotopic (exact) mass is 296 g/mol. The molecule has 1 aliphatic heterocycles. The molecule has 20 heavy (non-hydrogen) atoms. The summed E-state index contributed by atoms with van der Waals surface area (Å²) in [5, 5.41) is 9.23. The molecule has 0 spiro atoms. The fourth-order valence-electron chi connectivity index (χ4n) is 2.39. The Morgan fingerprint density at radius 1 is 1.35 bits per heavy atom. The third-order valence-electron chi connectivity index (χ3n) is 3.61. The average Bonchev–Trinajstić information content (AvgIpc) is 2.50. The number of benzene rings is 1. The van der Waals surface area contributed by atoms with Gasteiger partial charge >= 0.3 is 5.97 Å². The van der Waals surface area contributed by atoms with E-state index in [9.17, 15) is 9.90 Å². The van der Waals surface area contributed by atoms with Crippen molar-refractivity contribution in [1.82, 2.24) is 0 Å². The second-order valence-electron chi connectivity index (χ2n) is 4.88. The van der Waals surface area contributed by atoms with E-state index in [1.807, 2.05) is 11.8 Å². The molecule has 1 N–H and O–H groups in total. The summed E-state index contributed by atoms with van der Waals surface area (Å²) >= 11 is 1.93. The van der Waals surface area contributed by atoms with Gasteiger partial charge in [0.1, 0.15) is 18.1 Å². The highest BCUT2D eigenvalue weighted by Crippen LogP contribution is 2.30. The number of carbonyl (C=O) groups is 1. The molecule has 0 aromatic heterocycles. The lowest BCUT2D eigenvalue weighted by molar-refractivity contribution is -0.148. The van der Waals surface area contributed by atoms with Crippen LogP contribution in [0.5, 0.6) is 11.5 Å². The molecule has 1 atom stereocenters. The third-order valence-corrected chi connectivity index (χ3v) is 4.65. The predicted molar refractivity (Wildman–Crippen MR) is 79.2 cm³/mol. The molecule has 110 valence electrons. The predicted octanol–water partition coefficient (Wildman–Crippen LogP) is 2.70. The van der Waals surface area contributed by atoms with Gasteiger partial charge < -0.3 is 14.6 Å².